The lowest BCUT2D eigenvalue weighted by atomic mass is 10.2. The summed E-state index contributed by atoms with van der Waals surface area (Å²) in [5.41, 5.74) is 4.39. The molecule has 0 aliphatic rings. The van der Waals surface area contributed by atoms with Crippen LogP contribution in [-0.4, -0.2) is 19.2 Å². The molecule has 0 fully saturated rings. The summed E-state index contributed by atoms with van der Waals surface area (Å²) >= 11 is 3.51. The van der Waals surface area contributed by atoms with E-state index in [0.717, 1.165) is 28.4 Å². The van der Waals surface area contributed by atoms with Crippen molar-refractivity contribution in [2.24, 2.45) is 5.10 Å². The summed E-state index contributed by atoms with van der Waals surface area (Å²) in [7, 11) is 1.59. The molecule has 1 N–H and O–H groups in total. The molecule has 0 bridgehead atoms. The average molecular weight is 419 g/mol. The number of benzene rings is 2. The summed E-state index contributed by atoms with van der Waals surface area (Å²) in [5.74, 6) is 1.13. The maximum atomic E-state index is 11.6. The molecular formula is C20H23BrN2O3. The van der Waals surface area contributed by atoms with Crippen LogP contribution in [0.5, 0.6) is 11.5 Å². The Morgan fingerprint density at radius 1 is 1.27 bits per heavy atom. The number of methoxy groups -OCH3 is 1. The van der Waals surface area contributed by atoms with Crippen LogP contribution in [0.4, 0.5) is 0 Å². The summed E-state index contributed by atoms with van der Waals surface area (Å²) in [6, 6.07) is 13.6. The molecule has 6 heteroatoms. The van der Waals surface area contributed by atoms with Crippen LogP contribution >= 0.6 is 15.9 Å². The molecular weight excluding hydrogens is 396 g/mol. The number of rotatable bonds is 9. The summed E-state index contributed by atoms with van der Waals surface area (Å²) in [6.45, 7) is 2.48. The van der Waals surface area contributed by atoms with E-state index in [9.17, 15) is 4.79 Å². The van der Waals surface area contributed by atoms with Gasteiger partial charge in [0, 0.05) is 6.42 Å². The van der Waals surface area contributed by atoms with E-state index in [1.165, 1.54) is 0 Å². The van der Waals surface area contributed by atoms with Crippen molar-refractivity contribution in [1.29, 1.82) is 0 Å². The zero-order valence-electron chi connectivity index (χ0n) is 15.0. The molecule has 0 heterocycles. The second-order valence-corrected chi connectivity index (χ2v) is 6.56. The molecule has 0 saturated carbocycles. The standard InChI is InChI=1S/C20H23BrN2O3/c1-3-4-10-19(24)23-22-13-16-11-17(21)20(18(12-16)25-2)26-14-15-8-6-5-7-9-15/h5-9,11-13H,3-4,10,14H2,1-2H3,(H,23,24)/b22-13+. The first-order valence-electron chi connectivity index (χ1n) is 8.50. The van der Waals surface area contributed by atoms with Crippen molar-refractivity contribution in [3.05, 3.63) is 58.1 Å². The highest BCUT2D eigenvalue weighted by Gasteiger charge is 2.11. The first-order valence-corrected chi connectivity index (χ1v) is 9.29. The average Bonchev–Trinajstić information content (AvgIpc) is 2.66. The minimum Gasteiger partial charge on any atom is -0.493 e. The quantitative estimate of drug-likeness (QED) is 0.475. The molecule has 1 amide bonds. The van der Waals surface area contributed by atoms with E-state index in [-0.39, 0.29) is 5.91 Å². The lowest BCUT2D eigenvalue weighted by Crippen LogP contribution is -2.16. The van der Waals surface area contributed by atoms with Crippen molar-refractivity contribution >= 4 is 28.1 Å². The number of unbranched alkanes of at least 4 members (excludes halogenated alkanes) is 1. The van der Waals surface area contributed by atoms with Crippen LogP contribution in [0.3, 0.4) is 0 Å². The Hall–Kier alpha value is -2.34. The van der Waals surface area contributed by atoms with E-state index in [2.05, 4.69) is 26.5 Å². The lowest BCUT2D eigenvalue weighted by Gasteiger charge is -2.13. The van der Waals surface area contributed by atoms with Gasteiger partial charge in [-0.25, -0.2) is 5.43 Å². The van der Waals surface area contributed by atoms with Gasteiger partial charge in [-0.1, -0.05) is 43.7 Å². The SMILES string of the molecule is CCCCC(=O)N/N=C/c1cc(Br)c(OCc2ccccc2)c(OC)c1. The molecule has 0 aliphatic carbocycles. The molecule has 5 nitrogen and oxygen atoms in total. The number of carbonyl (C=O) groups excluding carboxylic acids is 1. The Kier molecular flexibility index (Phi) is 8.15. The molecule has 0 aliphatic heterocycles. The number of carbonyl (C=O) groups is 1. The highest BCUT2D eigenvalue weighted by molar-refractivity contribution is 9.10. The third kappa shape index (κ3) is 6.19. The Bertz CT molecular complexity index is 748. The third-order valence-electron chi connectivity index (χ3n) is 3.64. The van der Waals surface area contributed by atoms with E-state index in [1.54, 1.807) is 13.3 Å². The van der Waals surface area contributed by atoms with Gasteiger partial charge in [-0.2, -0.15) is 5.10 Å². The van der Waals surface area contributed by atoms with Crippen LogP contribution in [0.2, 0.25) is 0 Å². The monoisotopic (exact) mass is 418 g/mol. The lowest BCUT2D eigenvalue weighted by molar-refractivity contribution is -0.121. The Balaban J connectivity index is 2.04. The Labute approximate surface area is 162 Å². The second kappa shape index (κ2) is 10.6. The zero-order chi connectivity index (χ0) is 18.8. The maximum absolute atomic E-state index is 11.6. The molecule has 26 heavy (non-hydrogen) atoms. The molecule has 0 aromatic heterocycles. The molecule has 2 aromatic rings. The Morgan fingerprint density at radius 3 is 2.73 bits per heavy atom. The van der Waals surface area contributed by atoms with Gasteiger partial charge in [0.15, 0.2) is 11.5 Å². The van der Waals surface area contributed by atoms with Gasteiger partial charge in [-0.3, -0.25) is 4.79 Å². The highest BCUT2D eigenvalue weighted by atomic mass is 79.9. The van der Waals surface area contributed by atoms with Crippen molar-refractivity contribution in [2.75, 3.05) is 7.11 Å². The van der Waals surface area contributed by atoms with Crippen molar-refractivity contribution in [1.82, 2.24) is 5.43 Å². The molecule has 2 rings (SSSR count). The molecule has 0 atom stereocenters. The minimum atomic E-state index is -0.0862. The van der Waals surface area contributed by atoms with Crippen LogP contribution in [-0.2, 0) is 11.4 Å². The predicted octanol–water partition coefficient (Wildman–Crippen LogP) is 4.68. The van der Waals surface area contributed by atoms with Gasteiger partial charge in [-0.05, 0) is 45.6 Å². The molecule has 0 radical (unpaired) electrons. The fourth-order valence-electron chi connectivity index (χ4n) is 2.26. The van der Waals surface area contributed by atoms with Gasteiger partial charge >= 0.3 is 0 Å². The van der Waals surface area contributed by atoms with Gasteiger partial charge in [0.05, 0.1) is 17.8 Å². The Morgan fingerprint density at radius 2 is 2.04 bits per heavy atom. The predicted molar refractivity (Wildman–Crippen MR) is 107 cm³/mol. The summed E-state index contributed by atoms with van der Waals surface area (Å²) < 4.78 is 12.1. The number of hydrogen-bond donors (Lipinski definition) is 1. The van der Waals surface area contributed by atoms with Gasteiger partial charge < -0.3 is 9.47 Å². The first kappa shape index (κ1) is 20.0. The van der Waals surface area contributed by atoms with Crippen LogP contribution < -0.4 is 14.9 Å². The van der Waals surface area contributed by atoms with E-state index in [4.69, 9.17) is 9.47 Å². The van der Waals surface area contributed by atoms with E-state index < -0.39 is 0 Å². The second-order valence-electron chi connectivity index (χ2n) is 5.71. The van der Waals surface area contributed by atoms with Gasteiger partial charge in [-0.15, -0.1) is 0 Å². The summed E-state index contributed by atoms with van der Waals surface area (Å²) in [4.78, 5) is 11.6. The summed E-state index contributed by atoms with van der Waals surface area (Å²) in [5, 5.41) is 3.99. The van der Waals surface area contributed by atoms with Gasteiger partial charge in [0.2, 0.25) is 5.91 Å². The molecule has 138 valence electrons. The number of ether oxygens (including phenoxy) is 2. The number of nitrogens with one attached hydrogen (secondary N) is 1. The van der Waals surface area contributed by atoms with E-state index >= 15 is 0 Å². The number of amides is 1. The van der Waals surface area contributed by atoms with Crippen LogP contribution in [0.1, 0.15) is 37.3 Å². The van der Waals surface area contributed by atoms with Crippen LogP contribution in [0, 0.1) is 0 Å². The first-order chi connectivity index (χ1) is 12.6. The van der Waals surface area contributed by atoms with Crippen LogP contribution in [0.15, 0.2) is 52.0 Å². The molecule has 0 spiro atoms. The van der Waals surface area contributed by atoms with Crippen LogP contribution in [0.25, 0.3) is 0 Å². The fourth-order valence-corrected chi connectivity index (χ4v) is 2.83. The van der Waals surface area contributed by atoms with Crippen molar-refractivity contribution in [3.63, 3.8) is 0 Å². The maximum Gasteiger partial charge on any atom is 0.240 e. The molecule has 2 aromatic carbocycles. The largest absolute Gasteiger partial charge is 0.493 e. The van der Waals surface area contributed by atoms with E-state index in [1.807, 2.05) is 49.4 Å². The minimum absolute atomic E-state index is 0.0862. The van der Waals surface area contributed by atoms with Gasteiger partial charge in [0.25, 0.3) is 0 Å². The fraction of sp³-hybridized carbons (Fsp3) is 0.300. The van der Waals surface area contributed by atoms with Gasteiger partial charge in [0.1, 0.15) is 6.61 Å². The van der Waals surface area contributed by atoms with Crippen molar-refractivity contribution < 1.29 is 14.3 Å². The van der Waals surface area contributed by atoms with Crippen molar-refractivity contribution in [3.8, 4) is 11.5 Å². The van der Waals surface area contributed by atoms with E-state index in [0.29, 0.717) is 24.5 Å². The topological polar surface area (TPSA) is 59.9 Å². The molecule has 0 saturated heterocycles. The van der Waals surface area contributed by atoms with Crippen molar-refractivity contribution in [2.45, 2.75) is 32.8 Å². The normalized spacial score (nSPS) is 10.7. The zero-order valence-corrected chi connectivity index (χ0v) is 16.6. The smallest absolute Gasteiger partial charge is 0.240 e. The number of halogens is 1. The molecule has 0 unspecified atom stereocenters. The number of nitrogens with zero attached hydrogens (tertiary/aromatic N) is 1. The summed E-state index contributed by atoms with van der Waals surface area (Å²) in [6.07, 6.45) is 3.89. The number of hydrazone groups is 1. The number of hydrogen-bond acceptors (Lipinski definition) is 4. The third-order valence-corrected chi connectivity index (χ3v) is 4.23. The highest BCUT2D eigenvalue weighted by Crippen LogP contribution is 2.36.